The summed E-state index contributed by atoms with van der Waals surface area (Å²) in [6, 6.07) is 4.14. The molecule has 32 heavy (non-hydrogen) atoms. The van der Waals surface area contributed by atoms with Crippen molar-refractivity contribution in [3.05, 3.63) is 52.6 Å². The van der Waals surface area contributed by atoms with Gasteiger partial charge in [-0.15, -0.1) is 0 Å². The first kappa shape index (κ1) is 20.2. The standard InChI is InChI=1S/C24H26N6O2/c1-7-18-15(11-30(5)28-18)8-20-23-16-10-21(31-6)17(22-12(2)29-32-13(22)3)9-19(16)27-24(23)26-14(4)25-20/h9-11H,7-8H2,1-6H3,(H,25,26,27). The molecule has 0 fully saturated rings. The van der Waals surface area contributed by atoms with E-state index >= 15 is 0 Å². The summed E-state index contributed by atoms with van der Waals surface area (Å²) in [6.07, 6.45) is 3.65. The van der Waals surface area contributed by atoms with Crippen molar-refractivity contribution in [2.45, 2.75) is 40.5 Å². The third-order valence-electron chi connectivity index (χ3n) is 5.95. The predicted molar refractivity (Wildman–Crippen MR) is 123 cm³/mol. The Hall–Kier alpha value is -3.68. The van der Waals surface area contributed by atoms with Gasteiger partial charge in [-0.25, -0.2) is 9.97 Å². The summed E-state index contributed by atoms with van der Waals surface area (Å²) in [6.45, 7) is 7.90. The van der Waals surface area contributed by atoms with Crippen LogP contribution in [0, 0.1) is 20.8 Å². The number of nitrogens with one attached hydrogen (secondary N) is 1. The second-order valence-electron chi connectivity index (χ2n) is 8.17. The highest BCUT2D eigenvalue weighted by molar-refractivity contribution is 6.09. The van der Waals surface area contributed by atoms with Gasteiger partial charge in [0.15, 0.2) is 0 Å². The minimum atomic E-state index is 0.692. The summed E-state index contributed by atoms with van der Waals surface area (Å²) in [7, 11) is 3.64. The molecule has 1 N–H and O–H groups in total. The summed E-state index contributed by atoms with van der Waals surface area (Å²) < 4.78 is 13.1. The van der Waals surface area contributed by atoms with Crippen LogP contribution in [0.1, 0.15) is 41.2 Å². The highest BCUT2D eigenvalue weighted by atomic mass is 16.5. The van der Waals surface area contributed by atoms with Crippen molar-refractivity contribution < 1.29 is 9.26 Å². The maximum atomic E-state index is 5.79. The molecule has 0 atom stereocenters. The monoisotopic (exact) mass is 430 g/mol. The molecule has 8 nitrogen and oxygen atoms in total. The quantitative estimate of drug-likeness (QED) is 0.438. The molecule has 0 amide bonds. The molecule has 1 aromatic carbocycles. The van der Waals surface area contributed by atoms with Gasteiger partial charge in [0.1, 0.15) is 23.0 Å². The van der Waals surface area contributed by atoms with Gasteiger partial charge < -0.3 is 14.2 Å². The zero-order chi connectivity index (χ0) is 22.6. The number of nitrogens with zero attached hydrogens (tertiary/aromatic N) is 5. The van der Waals surface area contributed by atoms with E-state index in [1.807, 2.05) is 32.5 Å². The van der Waals surface area contributed by atoms with Crippen LogP contribution in [0.5, 0.6) is 5.75 Å². The maximum absolute atomic E-state index is 5.79. The van der Waals surface area contributed by atoms with Crippen LogP contribution in [0.15, 0.2) is 22.9 Å². The first-order valence-corrected chi connectivity index (χ1v) is 10.7. The van der Waals surface area contributed by atoms with Gasteiger partial charge in [0, 0.05) is 41.5 Å². The molecule has 5 rings (SSSR count). The van der Waals surface area contributed by atoms with Gasteiger partial charge in [0.05, 0.1) is 29.8 Å². The van der Waals surface area contributed by atoms with Gasteiger partial charge in [-0.1, -0.05) is 12.1 Å². The van der Waals surface area contributed by atoms with E-state index < -0.39 is 0 Å². The number of fused-ring (bicyclic) bond motifs is 3. The highest BCUT2D eigenvalue weighted by Gasteiger charge is 2.21. The molecule has 164 valence electrons. The number of aryl methyl sites for hydroxylation is 5. The van der Waals surface area contributed by atoms with Crippen LogP contribution in [0.2, 0.25) is 0 Å². The van der Waals surface area contributed by atoms with Crippen LogP contribution in [0.3, 0.4) is 0 Å². The van der Waals surface area contributed by atoms with E-state index in [4.69, 9.17) is 14.2 Å². The van der Waals surface area contributed by atoms with Crippen molar-refractivity contribution in [3.63, 3.8) is 0 Å². The lowest BCUT2D eigenvalue weighted by Crippen LogP contribution is -1.99. The second kappa shape index (κ2) is 7.47. The van der Waals surface area contributed by atoms with Crippen LogP contribution in [-0.4, -0.2) is 37.0 Å². The number of aromatic nitrogens is 6. The molecule has 5 aromatic rings. The Labute approximate surface area is 185 Å². The molecule has 0 spiro atoms. The van der Waals surface area contributed by atoms with Crippen LogP contribution in [0.4, 0.5) is 0 Å². The molecular formula is C24H26N6O2. The molecule has 0 saturated carbocycles. The predicted octanol–water partition coefficient (Wildman–Crippen LogP) is 4.59. The summed E-state index contributed by atoms with van der Waals surface area (Å²) in [4.78, 5) is 13.0. The third-order valence-corrected chi connectivity index (χ3v) is 5.95. The van der Waals surface area contributed by atoms with Gasteiger partial charge in [-0.3, -0.25) is 4.68 Å². The van der Waals surface area contributed by atoms with E-state index in [9.17, 15) is 0 Å². The van der Waals surface area contributed by atoms with Crippen LogP contribution in [0.25, 0.3) is 33.1 Å². The fourth-order valence-electron chi connectivity index (χ4n) is 4.59. The molecule has 8 heteroatoms. The van der Waals surface area contributed by atoms with Gasteiger partial charge in [0.2, 0.25) is 0 Å². The van der Waals surface area contributed by atoms with Gasteiger partial charge in [-0.05, 0) is 44.9 Å². The highest BCUT2D eigenvalue weighted by Crippen LogP contribution is 2.40. The lowest BCUT2D eigenvalue weighted by Gasteiger charge is -2.09. The Morgan fingerprint density at radius 1 is 1.12 bits per heavy atom. The topological polar surface area (TPSA) is 94.7 Å². The van der Waals surface area contributed by atoms with Crippen molar-refractivity contribution >= 4 is 21.9 Å². The zero-order valence-electron chi connectivity index (χ0n) is 19.2. The maximum Gasteiger partial charge on any atom is 0.142 e. The first-order chi connectivity index (χ1) is 15.4. The normalized spacial score (nSPS) is 11.7. The number of hydrogen-bond donors (Lipinski definition) is 1. The average molecular weight is 431 g/mol. The Bertz CT molecular complexity index is 1450. The Kier molecular flexibility index (Phi) is 4.73. The number of H-pyrrole nitrogens is 1. The molecular weight excluding hydrogens is 404 g/mol. The Balaban J connectivity index is 1.75. The molecule has 0 bridgehead atoms. The number of aromatic amines is 1. The fraction of sp³-hybridized carbons (Fsp3) is 0.333. The minimum absolute atomic E-state index is 0.692. The number of hydrogen-bond acceptors (Lipinski definition) is 6. The van der Waals surface area contributed by atoms with Gasteiger partial charge in [0.25, 0.3) is 0 Å². The number of rotatable bonds is 5. The second-order valence-corrected chi connectivity index (χ2v) is 8.17. The van der Waals surface area contributed by atoms with Crippen molar-refractivity contribution in [1.82, 2.24) is 29.9 Å². The van der Waals surface area contributed by atoms with E-state index in [2.05, 4.69) is 45.5 Å². The van der Waals surface area contributed by atoms with E-state index in [0.717, 1.165) is 73.9 Å². The Morgan fingerprint density at radius 3 is 2.62 bits per heavy atom. The molecule has 0 aliphatic heterocycles. The lowest BCUT2D eigenvalue weighted by atomic mass is 9.99. The largest absolute Gasteiger partial charge is 0.496 e. The Morgan fingerprint density at radius 2 is 1.94 bits per heavy atom. The third kappa shape index (κ3) is 3.14. The van der Waals surface area contributed by atoms with E-state index in [0.29, 0.717) is 6.42 Å². The zero-order valence-corrected chi connectivity index (χ0v) is 19.2. The number of ether oxygens (including phenoxy) is 1. The minimum Gasteiger partial charge on any atom is -0.496 e. The van der Waals surface area contributed by atoms with Crippen molar-refractivity contribution in [3.8, 4) is 16.9 Å². The van der Waals surface area contributed by atoms with Gasteiger partial charge >= 0.3 is 0 Å². The molecule has 4 heterocycles. The number of methoxy groups -OCH3 is 1. The van der Waals surface area contributed by atoms with E-state index in [1.54, 1.807) is 7.11 Å². The smallest absolute Gasteiger partial charge is 0.142 e. The molecule has 0 aliphatic carbocycles. The average Bonchev–Trinajstić information content (AvgIpc) is 3.40. The van der Waals surface area contributed by atoms with Crippen LogP contribution >= 0.6 is 0 Å². The number of benzene rings is 1. The summed E-state index contributed by atoms with van der Waals surface area (Å²) in [5, 5.41) is 10.7. The van der Waals surface area contributed by atoms with Crippen molar-refractivity contribution in [2.24, 2.45) is 7.05 Å². The van der Waals surface area contributed by atoms with E-state index in [-0.39, 0.29) is 0 Å². The fourth-order valence-corrected chi connectivity index (χ4v) is 4.59. The van der Waals surface area contributed by atoms with Crippen molar-refractivity contribution in [2.75, 3.05) is 7.11 Å². The molecule has 0 radical (unpaired) electrons. The first-order valence-electron chi connectivity index (χ1n) is 10.7. The van der Waals surface area contributed by atoms with Crippen LogP contribution < -0.4 is 4.74 Å². The summed E-state index contributed by atoms with van der Waals surface area (Å²) in [5.74, 6) is 2.25. The summed E-state index contributed by atoms with van der Waals surface area (Å²) >= 11 is 0. The van der Waals surface area contributed by atoms with Crippen molar-refractivity contribution in [1.29, 1.82) is 0 Å². The molecule has 0 aliphatic rings. The molecule has 0 saturated heterocycles. The molecule has 4 aromatic heterocycles. The van der Waals surface area contributed by atoms with E-state index in [1.165, 1.54) is 5.56 Å². The molecule has 0 unspecified atom stereocenters. The lowest BCUT2D eigenvalue weighted by molar-refractivity contribution is 0.393. The SMILES string of the molecule is CCc1nn(C)cc1Cc1nc(C)nc2[nH]c3cc(-c4c(C)noc4C)c(OC)cc3c12. The van der Waals surface area contributed by atoms with Crippen LogP contribution in [-0.2, 0) is 19.9 Å². The summed E-state index contributed by atoms with van der Waals surface area (Å²) in [5.41, 5.74) is 7.77. The van der Waals surface area contributed by atoms with Gasteiger partial charge in [-0.2, -0.15) is 5.10 Å².